The van der Waals surface area contributed by atoms with Crippen LogP contribution in [0.25, 0.3) is 0 Å². The molecule has 5 nitrogen and oxygen atoms in total. The smallest absolute Gasteiger partial charge is 0.203 e. The third-order valence-corrected chi connectivity index (χ3v) is 3.75. The van der Waals surface area contributed by atoms with E-state index in [1.165, 1.54) is 25.7 Å². The molecule has 0 radical (unpaired) electrons. The van der Waals surface area contributed by atoms with Crippen molar-refractivity contribution in [2.24, 2.45) is 0 Å². The first-order chi connectivity index (χ1) is 9.33. The molecule has 1 saturated carbocycles. The van der Waals surface area contributed by atoms with Crippen molar-refractivity contribution in [3.8, 4) is 0 Å². The van der Waals surface area contributed by atoms with E-state index < -0.39 is 0 Å². The normalized spacial score (nSPS) is 16.1. The van der Waals surface area contributed by atoms with Gasteiger partial charge >= 0.3 is 0 Å². The van der Waals surface area contributed by atoms with Crippen molar-refractivity contribution in [2.75, 3.05) is 11.9 Å². The van der Waals surface area contributed by atoms with Gasteiger partial charge in [0.2, 0.25) is 5.95 Å². The lowest BCUT2D eigenvalue weighted by atomic mass is 10.2. The quantitative estimate of drug-likeness (QED) is 0.898. The topological polar surface area (TPSA) is 47.7 Å². The molecular weight excluding hydrogens is 238 g/mol. The summed E-state index contributed by atoms with van der Waals surface area (Å²) in [5.41, 5.74) is 1.09. The molecule has 0 unspecified atom stereocenters. The second-order valence-electron chi connectivity index (χ2n) is 5.25. The molecule has 0 aromatic carbocycles. The summed E-state index contributed by atoms with van der Waals surface area (Å²) in [6.07, 6.45) is 11.2. The molecule has 0 aliphatic heterocycles. The summed E-state index contributed by atoms with van der Waals surface area (Å²) in [7, 11) is 0. The van der Waals surface area contributed by atoms with E-state index in [1.807, 2.05) is 23.1 Å². The summed E-state index contributed by atoms with van der Waals surface area (Å²) in [4.78, 5) is 4.60. The van der Waals surface area contributed by atoms with E-state index in [9.17, 15) is 0 Å². The average molecular weight is 259 g/mol. The van der Waals surface area contributed by atoms with Crippen molar-refractivity contribution in [3.05, 3.63) is 30.4 Å². The molecule has 2 aromatic heterocycles. The molecule has 1 N–H and O–H groups in total. The van der Waals surface area contributed by atoms with Crippen LogP contribution in [-0.4, -0.2) is 25.9 Å². The Morgan fingerprint density at radius 1 is 1.37 bits per heavy atom. The van der Waals surface area contributed by atoms with Crippen LogP contribution >= 0.6 is 0 Å². The minimum atomic E-state index is 0.633. The Labute approximate surface area is 113 Å². The van der Waals surface area contributed by atoms with Crippen molar-refractivity contribution in [3.63, 3.8) is 0 Å². The zero-order valence-corrected chi connectivity index (χ0v) is 11.4. The van der Waals surface area contributed by atoms with Gasteiger partial charge < -0.3 is 9.88 Å². The maximum absolute atomic E-state index is 4.60. The number of anilines is 1. The van der Waals surface area contributed by atoms with Gasteiger partial charge in [-0.1, -0.05) is 12.8 Å². The Morgan fingerprint density at radius 2 is 2.21 bits per heavy atom. The van der Waals surface area contributed by atoms with Gasteiger partial charge in [0.05, 0.1) is 12.2 Å². The van der Waals surface area contributed by atoms with Crippen LogP contribution in [0.5, 0.6) is 0 Å². The predicted octanol–water partition coefficient (Wildman–Crippen LogP) is 2.62. The molecule has 1 fully saturated rings. The Hall–Kier alpha value is -1.78. The minimum absolute atomic E-state index is 0.633. The van der Waals surface area contributed by atoms with E-state index in [4.69, 9.17) is 0 Å². The molecule has 0 amide bonds. The zero-order valence-electron chi connectivity index (χ0n) is 11.4. The molecule has 2 aromatic rings. The molecule has 0 saturated heterocycles. The van der Waals surface area contributed by atoms with Crippen molar-refractivity contribution in [1.82, 2.24) is 19.3 Å². The molecule has 19 heavy (non-hydrogen) atoms. The fourth-order valence-corrected chi connectivity index (χ4v) is 2.82. The Morgan fingerprint density at radius 3 is 2.95 bits per heavy atom. The van der Waals surface area contributed by atoms with Crippen molar-refractivity contribution >= 4 is 5.95 Å². The molecule has 3 rings (SSSR count). The minimum Gasteiger partial charge on any atom is -0.354 e. The van der Waals surface area contributed by atoms with Crippen LogP contribution in [0.1, 0.15) is 37.4 Å². The molecule has 1 aliphatic carbocycles. The number of nitrogens with zero attached hydrogens (tertiary/aromatic N) is 4. The highest BCUT2D eigenvalue weighted by Gasteiger charge is 2.19. The number of hydrogen-bond donors (Lipinski definition) is 1. The highest BCUT2D eigenvalue weighted by molar-refractivity contribution is 5.29. The first-order valence-corrected chi connectivity index (χ1v) is 7.10. The van der Waals surface area contributed by atoms with Crippen molar-refractivity contribution in [2.45, 2.75) is 45.2 Å². The average Bonchev–Trinajstić information content (AvgIpc) is 3.09. The number of hydrogen-bond acceptors (Lipinski definition) is 3. The fraction of sp³-hybridized carbons (Fsp3) is 0.571. The zero-order chi connectivity index (χ0) is 13.1. The monoisotopic (exact) mass is 259 g/mol. The van der Waals surface area contributed by atoms with Crippen molar-refractivity contribution in [1.29, 1.82) is 0 Å². The maximum atomic E-state index is 4.60. The Kier molecular flexibility index (Phi) is 3.53. The first kappa shape index (κ1) is 12.3. The molecule has 1 aliphatic rings. The number of aromatic nitrogens is 4. The van der Waals surface area contributed by atoms with Gasteiger partial charge in [-0.15, -0.1) is 0 Å². The van der Waals surface area contributed by atoms with Gasteiger partial charge in [-0.3, -0.25) is 4.68 Å². The lowest BCUT2D eigenvalue weighted by Gasteiger charge is -2.15. The third kappa shape index (κ3) is 2.80. The van der Waals surface area contributed by atoms with E-state index in [-0.39, 0.29) is 0 Å². The SMILES string of the molecule is Cc1cn(C2CCCC2)c(NCCn2cccn2)n1. The summed E-state index contributed by atoms with van der Waals surface area (Å²) in [6, 6.07) is 2.58. The second kappa shape index (κ2) is 5.47. The molecule has 2 heterocycles. The molecule has 0 atom stereocenters. The van der Waals surface area contributed by atoms with E-state index in [0.29, 0.717) is 6.04 Å². The van der Waals surface area contributed by atoms with Crippen molar-refractivity contribution < 1.29 is 0 Å². The molecule has 0 spiro atoms. The Bertz CT molecular complexity index is 508. The summed E-state index contributed by atoms with van der Waals surface area (Å²) in [5.74, 6) is 1.01. The van der Waals surface area contributed by atoms with Crippen LogP contribution in [-0.2, 0) is 6.54 Å². The lowest BCUT2D eigenvalue weighted by Crippen LogP contribution is -2.15. The lowest BCUT2D eigenvalue weighted by molar-refractivity contribution is 0.521. The summed E-state index contributed by atoms with van der Waals surface area (Å²) in [6.45, 7) is 3.78. The summed E-state index contributed by atoms with van der Waals surface area (Å²) in [5, 5.41) is 7.64. The van der Waals surface area contributed by atoms with Crippen LogP contribution in [0.15, 0.2) is 24.7 Å². The summed E-state index contributed by atoms with van der Waals surface area (Å²) < 4.78 is 4.26. The Balaban J connectivity index is 1.63. The maximum Gasteiger partial charge on any atom is 0.203 e. The van der Waals surface area contributed by atoms with Crippen LogP contribution in [0, 0.1) is 6.92 Å². The number of rotatable bonds is 5. The van der Waals surface area contributed by atoms with E-state index in [0.717, 1.165) is 24.7 Å². The predicted molar refractivity (Wildman–Crippen MR) is 75.2 cm³/mol. The first-order valence-electron chi connectivity index (χ1n) is 7.10. The van der Waals surface area contributed by atoms with E-state index in [1.54, 1.807) is 0 Å². The molecule has 5 heteroatoms. The van der Waals surface area contributed by atoms with Gasteiger partial charge in [0, 0.05) is 31.2 Å². The molecular formula is C14H21N5. The van der Waals surface area contributed by atoms with Gasteiger partial charge in [0.25, 0.3) is 0 Å². The third-order valence-electron chi connectivity index (χ3n) is 3.75. The second-order valence-corrected chi connectivity index (χ2v) is 5.25. The number of imidazole rings is 1. The van der Waals surface area contributed by atoms with Gasteiger partial charge in [-0.2, -0.15) is 5.10 Å². The highest BCUT2D eigenvalue weighted by atomic mass is 15.3. The standard InChI is InChI=1S/C14H21N5/c1-12-11-19(13-5-2-3-6-13)14(17-12)15-8-10-18-9-4-7-16-18/h4,7,9,11,13H,2-3,5-6,8,10H2,1H3,(H,15,17). The molecule has 0 bridgehead atoms. The van der Waals surface area contributed by atoms with E-state index in [2.05, 4.69) is 33.1 Å². The van der Waals surface area contributed by atoms with Crippen LogP contribution < -0.4 is 5.32 Å². The summed E-state index contributed by atoms with van der Waals surface area (Å²) >= 11 is 0. The highest BCUT2D eigenvalue weighted by Crippen LogP contribution is 2.31. The van der Waals surface area contributed by atoms with Gasteiger partial charge in [0.1, 0.15) is 0 Å². The van der Waals surface area contributed by atoms with E-state index >= 15 is 0 Å². The van der Waals surface area contributed by atoms with Crippen LogP contribution in [0.4, 0.5) is 5.95 Å². The van der Waals surface area contributed by atoms with Gasteiger partial charge in [-0.25, -0.2) is 4.98 Å². The largest absolute Gasteiger partial charge is 0.354 e. The number of aryl methyl sites for hydroxylation is 1. The van der Waals surface area contributed by atoms with Crippen LogP contribution in [0.3, 0.4) is 0 Å². The fourth-order valence-electron chi connectivity index (χ4n) is 2.82. The van der Waals surface area contributed by atoms with Gasteiger partial charge in [0.15, 0.2) is 0 Å². The van der Waals surface area contributed by atoms with Crippen LogP contribution in [0.2, 0.25) is 0 Å². The van der Waals surface area contributed by atoms with Gasteiger partial charge in [-0.05, 0) is 25.8 Å². The number of nitrogens with one attached hydrogen (secondary N) is 1. The molecule has 102 valence electrons.